The van der Waals surface area contributed by atoms with E-state index in [4.69, 9.17) is 0 Å². The molecule has 3 rings (SSSR count). The van der Waals surface area contributed by atoms with Crippen molar-refractivity contribution in [2.45, 2.75) is 6.92 Å². The van der Waals surface area contributed by atoms with E-state index in [2.05, 4.69) is 32.7 Å². The Morgan fingerprint density at radius 3 is 3.13 bits per heavy atom. The largest absolute Gasteiger partial charge is 0.345 e. The van der Waals surface area contributed by atoms with Crippen LogP contribution >= 0.6 is 0 Å². The lowest BCUT2D eigenvalue weighted by molar-refractivity contribution is 1.02. The zero-order valence-electron chi connectivity index (χ0n) is 8.36. The molecule has 1 radical (unpaired) electrons. The first-order valence-electron chi connectivity index (χ1n) is 4.84. The number of imidazole rings is 1. The highest BCUT2D eigenvalue weighted by Crippen LogP contribution is 2.16. The lowest BCUT2D eigenvalue weighted by atomic mass is 10.2. The second kappa shape index (κ2) is 2.98. The number of benzene rings is 1. The molecule has 0 atom stereocenters. The SMILES string of the molecule is Cc1[c]ccn1-c1ccc2[nH]cnc2c1. The first kappa shape index (κ1) is 8.29. The summed E-state index contributed by atoms with van der Waals surface area (Å²) < 4.78 is 2.09. The molecule has 73 valence electrons. The summed E-state index contributed by atoms with van der Waals surface area (Å²) in [5.74, 6) is 0. The number of nitrogens with zero attached hydrogens (tertiary/aromatic N) is 2. The molecule has 2 aromatic heterocycles. The predicted octanol–water partition coefficient (Wildman–Crippen LogP) is 2.46. The van der Waals surface area contributed by atoms with E-state index in [1.165, 1.54) is 0 Å². The van der Waals surface area contributed by atoms with Gasteiger partial charge in [0.05, 0.1) is 17.4 Å². The van der Waals surface area contributed by atoms with Crippen LogP contribution in [0.3, 0.4) is 0 Å². The van der Waals surface area contributed by atoms with Crippen LogP contribution in [0.2, 0.25) is 0 Å². The number of aromatic nitrogens is 3. The van der Waals surface area contributed by atoms with Gasteiger partial charge in [0.1, 0.15) is 0 Å². The third-order valence-corrected chi connectivity index (χ3v) is 2.56. The molecule has 0 saturated carbocycles. The Kier molecular flexibility index (Phi) is 1.65. The second-order valence-corrected chi connectivity index (χ2v) is 3.52. The van der Waals surface area contributed by atoms with Crippen LogP contribution in [0, 0.1) is 13.0 Å². The van der Waals surface area contributed by atoms with Crippen molar-refractivity contribution in [2.75, 3.05) is 0 Å². The Morgan fingerprint density at radius 2 is 2.33 bits per heavy atom. The Bertz CT molecular complexity index is 604. The summed E-state index contributed by atoms with van der Waals surface area (Å²) >= 11 is 0. The van der Waals surface area contributed by atoms with Crippen LogP contribution in [0.5, 0.6) is 0 Å². The number of rotatable bonds is 1. The predicted molar refractivity (Wildman–Crippen MR) is 59.0 cm³/mol. The Balaban J connectivity index is 2.23. The maximum absolute atomic E-state index is 4.24. The van der Waals surface area contributed by atoms with Crippen molar-refractivity contribution >= 4 is 11.0 Å². The lowest BCUT2D eigenvalue weighted by Gasteiger charge is -2.05. The molecule has 0 aliphatic rings. The molecular formula is C12H10N3. The van der Waals surface area contributed by atoms with Gasteiger partial charge in [-0.15, -0.1) is 0 Å². The molecule has 3 heteroatoms. The van der Waals surface area contributed by atoms with E-state index in [0.29, 0.717) is 0 Å². The quantitative estimate of drug-likeness (QED) is 0.637. The molecule has 15 heavy (non-hydrogen) atoms. The van der Waals surface area contributed by atoms with E-state index in [1.54, 1.807) is 6.33 Å². The average molecular weight is 196 g/mol. The molecule has 3 nitrogen and oxygen atoms in total. The number of hydrogen-bond donors (Lipinski definition) is 1. The summed E-state index contributed by atoms with van der Waals surface area (Å²) in [7, 11) is 0. The minimum Gasteiger partial charge on any atom is -0.345 e. The highest BCUT2D eigenvalue weighted by atomic mass is 15.0. The topological polar surface area (TPSA) is 33.6 Å². The maximum atomic E-state index is 4.24. The van der Waals surface area contributed by atoms with Crippen molar-refractivity contribution in [2.24, 2.45) is 0 Å². The number of aryl methyl sites for hydroxylation is 1. The fraction of sp³-hybridized carbons (Fsp3) is 0.0833. The number of H-pyrrole nitrogens is 1. The molecule has 1 N–H and O–H groups in total. The van der Waals surface area contributed by atoms with Crippen molar-refractivity contribution in [3.63, 3.8) is 0 Å². The van der Waals surface area contributed by atoms with E-state index in [0.717, 1.165) is 22.4 Å². The van der Waals surface area contributed by atoms with Crippen LogP contribution in [0.4, 0.5) is 0 Å². The van der Waals surface area contributed by atoms with Crippen molar-refractivity contribution in [3.8, 4) is 5.69 Å². The number of fused-ring (bicyclic) bond motifs is 1. The number of aromatic amines is 1. The highest BCUT2D eigenvalue weighted by molar-refractivity contribution is 5.76. The summed E-state index contributed by atoms with van der Waals surface area (Å²) in [6, 6.07) is 11.2. The zero-order valence-corrected chi connectivity index (χ0v) is 8.36. The van der Waals surface area contributed by atoms with Gasteiger partial charge in [-0.2, -0.15) is 0 Å². The first-order valence-corrected chi connectivity index (χ1v) is 4.84. The van der Waals surface area contributed by atoms with Gasteiger partial charge in [-0.1, -0.05) is 0 Å². The van der Waals surface area contributed by atoms with Gasteiger partial charge in [-0.05, 0) is 31.2 Å². The molecule has 0 bridgehead atoms. The summed E-state index contributed by atoms with van der Waals surface area (Å²) in [6.07, 6.45) is 3.71. The van der Waals surface area contributed by atoms with E-state index < -0.39 is 0 Å². The molecule has 0 amide bonds. The molecule has 0 fully saturated rings. The standard InChI is InChI=1S/C12H10N3/c1-9-3-2-6-15(9)10-4-5-11-12(7-10)14-8-13-11/h2,4-8H,1H3,(H,13,14). The van der Waals surface area contributed by atoms with Crippen molar-refractivity contribution in [3.05, 3.63) is 48.5 Å². The Hall–Kier alpha value is -2.03. The van der Waals surface area contributed by atoms with Crippen LogP contribution in [0.1, 0.15) is 5.69 Å². The van der Waals surface area contributed by atoms with Gasteiger partial charge in [-0.3, -0.25) is 0 Å². The minimum atomic E-state index is 0.987. The third-order valence-electron chi connectivity index (χ3n) is 2.56. The van der Waals surface area contributed by atoms with Crippen molar-refractivity contribution in [1.29, 1.82) is 0 Å². The number of nitrogens with one attached hydrogen (secondary N) is 1. The van der Waals surface area contributed by atoms with E-state index in [-0.39, 0.29) is 0 Å². The van der Waals surface area contributed by atoms with Crippen molar-refractivity contribution < 1.29 is 0 Å². The van der Waals surface area contributed by atoms with Crippen LogP contribution in [0.25, 0.3) is 16.7 Å². The minimum absolute atomic E-state index is 0.987. The Labute approximate surface area is 87.4 Å². The van der Waals surface area contributed by atoms with Gasteiger partial charge in [0.15, 0.2) is 0 Å². The second-order valence-electron chi connectivity index (χ2n) is 3.52. The van der Waals surface area contributed by atoms with Gasteiger partial charge in [0.2, 0.25) is 0 Å². The van der Waals surface area contributed by atoms with E-state index in [9.17, 15) is 0 Å². The third kappa shape index (κ3) is 1.24. The summed E-state index contributed by atoms with van der Waals surface area (Å²) in [5.41, 5.74) is 4.27. The summed E-state index contributed by atoms with van der Waals surface area (Å²) in [5, 5.41) is 0. The maximum Gasteiger partial charge on any atom is 0.0931 e. The fourth-order valence-electron chi connectivity index (χ4n) is 1.76. The van der Waals surface area contributed by atoms with Crippen LogP contribution < -0.4 is 0 Å². The van der Waals surface area contributed by atoms with Crippen LogP contribution in [-0.2, 0) is 0 Å². The molecule has 0 saturated heterocycles. The van der Waals surface area contributed by atoms with Crippen LogP contribution in [0.15, 0.2) is 36.8 Å². The van der Waals surface area contributed by atoms with Crippen LogP contribution in [-0.4, -0.2) is 14.5 Å². The fourth-order valence-corrected chi connectivity index (χ4v) is 1.76. The smallest absolute Gasteiger partial charge is 0.0931 e. The molecule has 0 spiro atoms. The molecule has 1 aromatic carbocycles. The normalized spacial score (nSPS) is 11.0. The molecule has 0 aliphatic heterocycles. The summed E-state index contributed by atoms with van der Waals surface area (Å²) in [4.78, 5) is 7.32. The molecule has 0 aliphatic carbocycles. The monoisotopic (exact) mass is 196 g/mol. The average Bonchev–Trinajstić information content (AvgIpc) is 2.84. The van der Waals surface area contributed by atoms with E-state index in [1.807, 2.05) is 25.3 Å². The van der Waals surface area contributed by atoms with Gasteiger partial charge >= 0.3 is 0 Å². The highest BCUT2D eigenvalue weighted by Gasteiger charge is 2.01. The first-order chi connectivity index (χ1) is 7.34. The zero-order chi connectivity index (χ0) is 10.3. The number of hydrogen-bond acceptors (Lipinski definition) is 1. The summed E-state index contributed by atoms with van der Waals surface area (Å²) in [6.45, 7) is 2.04. The molecular weight excluding hydrogens is 186 g/mol. The molecule has 2 heterocycles. The van der Waals surface area contributed by atoms with Crippen molar-refractivity contribution in [1.82, 2.24) is 14.5 Å². The molecule has 3 aromatic rings. The van der Waals surface area contributed by atoms with Gasteiger partial charge < -0.3 is 9.55 Å². The Morgan fingerprint density at radius 1 is 1.40 bits per heavy atom. The van der Waals surface area contributed by atoms with E-state index >= 15 is 0 Å². The van der Waals surface area contributed by atoms with Gasteiger partial charge in [-0.25, -0.2) is 4.98 Å². The van der Waals surface area contributed by atoms with Gasteiger partial charge in [0, 0.05) is 23.6 Å². The molecule has 0 unspecified atom stereocenters. The lowest BCUT2D eigenvalue weighted by Crippen LogP contribution is -1.93. The van der Waals surface area contributed by atoms with Gasteiger partial charge in [0.25, 0.3) is 0 Å².